The Hall–Kier alpha value is -2.50. The van der Waals surface area contributed by atoms with Crippen LogP contribution in [-0.2, 0) is 20.7 Å². The van der Waals surface area contributed by atoms with Gasteiger partial charge in [-0.1, -0.05) is 72.6 Å². The molecule has 3 atom stereocenters. The molecule has 0 radical (unpaired) electrons. The number of carbonyl (C=O) groups excluding carboxylic acids is 2. The molecule has 1 heterocycles. The number of hydrogen-bond acceptors (Lipinski definition) is 5. The second-order valence-electron chi connectivity index (χ2n) is 14.4. The molecule has 6 nitrogen and oxygen atoms in total. The molecule has 1 amide bonds. The number of hydrogen-bond donors (Lipinski definition) is 1. The maximum Gasteiger partial charge on any atom is 0.412 e. The monoisotopic (exact) mass is 585 g/mol. The van der Waals surface area contributed by atoms with Crippen LogP contribution < -0.4 is 10.1 Å². The summed E-state index contributed by atoms with van der Waals surface area (Å²) in [5.74, 6) is 2.73. The fourth-order valence-electron chi connectivity index (χ4n) is 5.80. The SMILES string of the molecule is COC(=O)/C(=C/c1cc(C)c2c(c1)CC[C@@](C)(CCC[C@H](C)CCC[C@H](C)CCCC(C)C)O2)NC(=O)OC(C)(C)C. The van der Waals surface area contributed by atoms with Crippen molar-refractivity contribution in [1.29, 1.82) is 0 Å². The predicted molar refractivity (Wildman–Crippen MR) is 173 cm³/mol. The van der Waals surface area contributed by atoms with E-state index in [1.807, 2.05) is 19.1 Å². The summed E-state index contributed by atoms with van der Waals surface area (Å²) in [6, 6.07) is 4.02. The second-order valence-corrected chi connectivity index (χ2v) is 14.4. The van der Waals surface area contributed by atoms with Crippen molar-refractivity contribution >= 4 is 18.1 Å². The number of fused-ring (bicyclic) bond motifs is 1. The van der Waals surface area contributed by atoms with Crippen molar-refractivity contribution in [3.63, 3.8) is 0 Å². The lowest BCUT2D eigenvalue weighted by Crippen LogP contribution is -2.36. The predicted octanol–water partition coefficient (Wildman–Crippen LogP) is 9.56. The molecule has 1 N–H and O–H groups in total. The van der Waals surface area contributed by atoms with Crippen LogP contribution in [0.2, 0.25) is 0 Å². The first-order valence-electron chi connectivity index (χ1n) is 16.2. The van der Waals surface area contributed by atoms with Crippen LogP contribution in [-0.4, -0.2) is 30.4 Å². The number of rotatable bonds is 15. The molecule has 1 aliphatic heterocycles. The van der Waals surface area contributed by atoms with Crippen molar-refractivity contribution in [1.82, 2.24) is 5.32 Å². The van der Waals surface area contributed by atoms with Gasteiger partial charge in [0.2, 0.25) is 0 Å². The Morgan fingerprint density at radius 1 is 1.00 bits per heavy atom. The zero-order valence-corrected chi connectivity index (χ0v) is 28.3. The minimum Gasteiger partial charge on any atom is -0.487 e. The van der Waals surface area contributed by atoms with Gasteiger partial charge in [0.15, 0.2) is 0 Å². The fraction of sp³-hybridized carbons (Fsp3) is 0.722. The van der Waals surface area contributed by atoms with Gasteiger partial charge in [-0.15, -0.1) is 0 Å². The van der Waals surface area contributed by atoms with E-state index < -0.39 is 17.7 Å². The lowest BCUT2D eigenvalue weighted by molar-refractivity contribution is -0.136. The van der Waals surface area contributed by atoms with Gasteiger partial charge in [-0.3, -0.25) is 5.32 Å². The molecule has 0 spiro atoms. The number of aryl methyl sites for hydroxylation is 2. The summed E-state index contributed by atoms with van der Waals surface area (Å²) in [5.41, 5.74) is 2.12. The average Bonchev–Trinajstić information content (AvgIpc) is 2.87. The van der Waals surface area contributed by atoms with Crippen LogP contribution in [0.15, 0.2) is 17.8 Å². The lowest BCUT2D eigenvalue weighted by atomic mass is 9.85. The molecule has 0 saturated carbocycles. The van der Waals surface area contributed by atoms with Crippen LogP contribution in [0.25, 0.3) is 6.08 Å². The van der Waals surface area contributed by atoms with E-state index in [-0.39, 0.29) is 11.3 Å². The number of esters is 1. The summed E-state index contributed by atoms with van der Waals surface area (Å²) in [6.07, 6.45) is 14.4. The second kappa shape index (κ2) is 16.4. The minimum absolute atomic E-state index is 0.0300. The number of nitrogens with one attached hydrogen (secondary N) is 1. The smallest absolute Gasteiger partial charge is 0.412 e. The van der Waals surface area contributed by atoms with E-state index in [2.05, 4.69) is 39.9 Å². The van der Waals surface area contributed by atoms with Crippen LogP contribution in [0.3, 0.4) is 0 Å². The normalized spacial score (nSPS) is 18.6. The Labute approximate surface area is 256 Å². The van der Waals surface area contributed by atoms with Crippen molar-refractivity contribution < 1.29 is 23.8 Å². The third-order valence-corrected chi connectivity index (χ3v) is 8.27. The first-order chi connectivity index (χ1) is 19.6. The molecule has 238 valence electrons. The topological polar surface area (TPSA) is 73.9 Å². The fourth-order valence-corrected chi connectivity index (χ4v) is 5.80. The molecular weight excluding hydrogens is 526 g/mol. The van der Waals surface area contributed by atoms with Gasteiger partial charge in [0.25, 0.3) is 0 Å². The first-order valence-corrected chi connectivity index (χ1v) is 16.2. The standard InChI is InChI=1S/C36H59NO5/c1-25(2)14-11-15-26(3)16-12-17-27(4)18-13-20-36(9)21-19-30-23-29(22-28(5)32(30)41-36)24-31(33(38)40-10)37-34(39)42-35(6,7)8/h22-27H,11-21H2,1-10H3,(H,37,39)/b31-24-/t26-,27-,36-/m1/s1. The van der Waals surface area contributed by atoms with Gasteiger partial charge in [0, 0.05) is 0 Å². The van der Waals surface area contributed by atoms with Gasteiger partial charge >= 0.3 is 12.1 Å². The average molecular weight is 586 g/mol. The Balaban J connectivity index is 1.93. The molecule has 0 bridgehead atoms. The number of ether oxygens (including phenoxy) is 3. The van der Waals surface area contributed by atoms with E-state index in [4.69, 9.17) is 14.2 Å². The lowest BCUT2D eigenvalue weighted by Gasteiger charge is -2.37. The van der Waals surface area contributed by atoms with Gasteiger partial charge in [-0.25, -0.2) is 9.59 Å². The maximum absolute atomic E-state index is 12.4. The van der Waals surface area contributed by atoms with Crippen molar-refractivity contribution in [3.8, 4) is 5.75 Å². The Morgan fingerprint density at radius 3 is 2.17 bits per heavy atom. The van der Waals surface area contributed by atoms with Crippen molar-refractivity contribution in [2.24, 2.45) is 17.8 Å². The molecule has 0 aromatic heterocycles. The highest BCUT2D eigenvalue weighted by Gasteiger charge is 2.32. The number of carbonyl (C=O) groups is 2. The number of alkyl carbamates (subject to hydrolysis) is 1. The molecule has 1 aromatic rings. The molecule has 42 heavy (non-hydrogen) atoms. The van der Waals surface area contributed by atoms with Crippen LogP contribution in [0.5, 0.6) is 5.75 Å². The summed E-state index contributed by atoms with van der Waals surface area (Å²) in [5, 5.41) is 2.54. The van der Waals surface area contributed by atoms with Crippen LogP contribution in [0.1, 0.15) is 136 Å². The third kappa shape index (κ3) is 12.8. The highest BCUT2D eigenvalue weighted by Crippen LogP contribution is 2.39. The number of amides is 1. The quantitative estimate of drug-likeness (QED) is 0.164. The molecule has 0 saturated heterocycles. The summed E-state index contributed by atoms with van der Waals surface area (Å²) in [4.78, 5) is 24.7. The Kier molecular flexibility index (Phi) is 13.9. The van der Waals surface area contributed by atoms with E-state index in [0.717, 1.165) is 59.5 Å². The van der Waals surface area contributed by atoms with Crippen molar-refractivity contribution in [3.05, 3.63) is 34.5 Å². The molecule has 0 unspecified atom stereocenters. The van der Waals surface area contributed by atoms with Gasteiger partial charge in [-0.05, 0) is 113 Å². The van der Waals surface area contributed by atoms with E-state index in [1.165, 1.54) is 58.5 Å². The summed E-state index contributed by atoms with van der Waals surface area (Å²) in [6.45, 7) is 19.1. The zero-order chi connectivity index (χ0) is 31.5. The molecule has 1 aliphatic rings. The molecule has 1 aromatic carbocycles. The Morgan fingerprint density at radius 2 is 1.60 bits per heavy atom. The van der Waals surface area contributed by atoms with Crippen LogP contribution in [0.4, 0.5) is 4.79 Å². The maximum atomic E-state index is 12.4. The van der Waals surface area contributed by atoms with Gasteiger partial charge in [0.05, 0.1) is 7.11 Å². The van der Waals surface area contributed by atoms with E-state index in [9.17, 15) is 9.59 Å². The van der Waals surface area contributed by atoms with Gasteiger partial charge in [0.1, 0.15) is 22.6 Å². The zero-order valence-electron chi connectivity index (χ0n) is 28.3. The molecule has 6 heteroatoms. The van der Waals surface area contributed by atoms with Crippen molar-refractivity contribution in [2.75, 3.05) is 7.11 Å². The third-order valence-electron chi connectivity index (χ3n) is 8.27. The highest BCUT2D eigenvalue weighted by atomic mass is 16.6. The summed E-state index contributed by atoms with van der Waals surface area (Å²) in [7, 11) is 1.29. The summed E-state index contributed by atoms with van der Waals surface area (Å²) >= 11 is 0. The van der Waals surface area contributed by atoms with E-state index in [1.54, 1.807) is 26.8 Å². The molecular formula is C36H59NO5. The van der Waals surface area contributed by atoms with Crippen molar-refractivity contribution in [2.45, 2.75) is 144 Å². The highest BCUT2D eigenvalue weighted by molar-refractivity contribution is 5.96. The van der Waals surface area contributed by atoms with Crippen LogP contribution >= 0.6 is 0 Å². The number of benzene rings is 1. The molecule has 2 rings (SSSR count). The summed E-state index contributed by atoms with van der Waals surface area (Å²) < 4.78 is 16.8. The largest absolute Gasteiger partial charge is 0.487 e. The van der Waals surface area contributed by atoms with Gasteiger partial charge in [-0.2, -0.15) is 0 Å². The first kappa shape index (κ1) is 35.7. The van der Waals surface area contributed by atoms with E-state index >= 15 is 0 Å². The minimum atomic E-state index is -0.700. The van der Waals surface area contributed by atoms with Crippen LogP contribution in [0, 0.1) is 24.7 Å². The van der Waals surface area contributed by atoms with E-state index in [0.29, 0.717) is 0 Å². The molecule has 0 aliphatic carbocycles. The van der Waals surface area contributed by atoms with Gasteiger partial charge < -0.3 is 14.2 Å². The Bertz CT molecular complexity index is 1050. The number of methoxy groups -OCH3 is 1. The molecule has 0 fully saturated rings.